The Hall–Kier alpha value is -1.71. The number of fused-ring (bicyclic) bond motifs is 1. The predicted octanol–water partition coefficient (Wildman–Crippen LogP) is 2.04. The van der Waals surface area contributed by atoms with Gasteiger partial charge in [0.15, 0.2) is 11.5 Å². The fourth-order valence-corrected chi connectivity index (χ4v) is 1.53. The molecular weight excluding hydrogens is 180 g/mol. The van der Waals surface area contributed by atoms with Crippen LogP contribution in [0.25, 0.3) is 11.1 Å². The standard InChI is InChI=1S/C10H10N2O2/c1-5-4-6(2)11-10-8(5)9(7(3)13)12-14-10/h4H,1-3H3. The molecule has 0 spiro atoms. The van der Waals surface area contributed by atoms with Crippen LogP contribution in [0.3, 0.4) is 0 Å². The van der Waals surface area contributed by atoms with Crippen LogP contribution in [0.15, 0.2) is 10.6 Å². The number of pyridine rings is 1. The molecule has 2 heterocycles. The van der Waals surface area contributed by atoms with Gasteiger partial charge in [0.1, 0.15) is 0 Å². The van der Waals surface area contributed by atoms with E-state index in [2.05, 4.69) is 10.1 Å². The van der Waals surface area contributed by atoms with Crippen LogP contribution in [-0.4, -0.2) is 15.9 Å². The number of aromatic nitrogens is 2. The molecule has 4 nitrogen and oxygen atoms in total. The number of aryl methyl sites for hydroxylation is 2. The molecule has 0 saturated carbocycles. The van der Waals surface area contributed by atoms with Gasteiger partial charge in [0, 0.05) is 12.6 Å². The van der Waals surface area contributed by atoms with Crippen molar-refractivity contribution in [3.8, 4) is 0 Å². The van der Waals surface area contributed by atoms with E-state index < -0.39 is 0 Å². The molecule has 0 amide bonds. The van der Waals surface area contributed by atoms with Gasteiger partial charge in [-0.25, -0.2) is 4.98 Å². The van der Waals surface area contributed by atoms with Crippen molar-refractivity contribution < 1.29 is 9.32 Å². The number of nitrogens with zero attached hydrogens (tertiary/aromatic N) is 2. The molecule has 2 rings (SSSR count). The molecule has 0 saturated heterocycles. The van der Waals surface area contributed by atoms with Crippen LogP contribution < -0.4 is 0 Å². The minimum Gasteiger partial charge on any atom is -0.335 e. The molecule has 0 bridgehead atoms. The Bertz CT molecular complexity index is 514. The number of carbonyl (C=O) groups excluding carboxylic acids is 1. The second-order valence-corrected chi connectivity index (χ2v) is 3.35. The molecule has 72 valence electrons. The molecule has 2 aromatic heterocycles. The van der Waals surface area contributed by atoms with Gasteiger partial charge in [0.2, 0.25) is 0 Å². The zero-order valence-electron chi connectivity index (χ0n) is 8.29. The highest BCUT2D eigenvalue weighted by molar-refractivity contribution is 6.04. The van der Waals surface area contributed by atoms with Crippen molar-refractivity contribution >= 4 is 16.9 Å². The molecule has 0 atom stereocenters. The van der Waals surface area contributed by atoms with E-state index in [4.69, 9.17) is 4.52 Å². The van der Waals surface area contributed by atoms with Crippen molar-refractivity contribution in [2.75, 3.05) is 0 Å². The molecule has 0 aromatic carbocycles. The lowest BCUT2D eigenvalue weighted by Gasteiger charge is -1.96. The number of rotatable bonds is 1. The Morgan fingerprint density at radius 1 is 1.43 bits per heavy atom. The summed E-state index contributed by atoms with van der Waals surface area (Å²) >= 11 is 0. The molecule has 14 heavy (non-hydrogen) atoms. The van der Waals surface area contributed by atoms with Crippen LogP contribution in [0.5, 0.6) is 0 Å². The third-order valence-electron chi connectivity index (χ3n) is 2.11. The summed E-state index contributed by atoms with van der Waals surface area (Å²) in [6.45, 7) is 5.26. The summed E-state index contributed by atoms with van der Waals surface area (Å²) in [7, 11) is 0. The third-order valence-corrected chi connectivity index (χ3v) is 2.11. The van der Waals surface area contributed by atoms with Gasteiger partial charge in [-0.3, -0.25) is 4.79 Å². The summed E-state index contributed by atoms with van der Waals surface area (Å²) in [5.74, 6) is -0.0995. The maximum atomic E-state index is 11.2. The van der Waals surface area contributed by atoms with E-state index in [0.717, 1.165) is 16.6 Å². The fraction of sp³-hybridized carbons (Fsp3) is 0.300. The van der Waals surface area contributed by atoms with E-state index in [0.29, 0.717) is 11.4 Å². The van der Waals surface area contributed by atoms with Gasteiger partial charge in [0.05, 0.1) is 5.39 Å². The van der Waals surface area contributed by atoms with Crippen molar-refractivity contribution in [3.63, 3.8) is 0 Å². The van der Waals surface area contributed by atoms with Crippen molar-refractivity contribution in [2.24, 2.45) is 0 Å². The van der Waals surface area contributed by atoms with Gasteiger partial charge < -0.3 is 4.52 Å². The molecule has 0 unspecified atom stereocenters. The molecule has 0 fully saturated rings. The van der Waals surface area contributed by atoms with Gasteiger partial charge in [0.25, 0.3) is 5.71 Å². The topological polar surface area (TPSA) is 56.0 Å². The second kappa shape index (κ2) is 2.90. The summed E-state index contributed by atoms with van der Waals surface area (Å²) in [5, 5.41) is 4.43. The number of Topliss-reactive ketones (excluding diaryl/α,β-unsaturated/α-hetero) is 1. The summed E-state index contributed by atoms with van der Waals surface area (Å²) in [4.78, 5) is 15.4. The molecule has 0 aliphatic heterocycles. The normalized spacial score (nSPS) is 10.8. The van der Waals surface area contributed by atoms with E-state index in [1.54, 1.807) is 0 Å². The van der Waals surface area contributed by atoms with E-state index >= 15 is 0 Å². The molecule has 0 radical (unpaired) electrons. The van der Waals surface area contributed by atoms with E-state index in [-0.39, 0.29) is 5.78 Å². The van der Waals surface area contributed by atoms with Gasteiger partial charge >= 0.3 is 0 Å². The Morgan fingerprint density at radius 2 is 2.14 bits per heavy atom. The average molecular weight is 190 g/mol. The van der Waals surface area contributed by atoms with Crippen LogP contribution in [0, 0.1) is 13.8 Å². The minimum atomic E-state index is -0.0995. The Morgan fingerprint density at radius 3 is 2.79 bits per heavy atom. The van der Waals surface area contributed by atoms with Crippen molar-refractivity contribution in [3.05, 3.63) is 23.0 Å². The highest BCUT2D eigenvalue weighted by Crippen LogP contribution is 2.21. The SMILES string of the molecule is CC(=O)c1noc2nc(C)cc(C)c12. The zero-order valence-corrected chi connectivity index (χ0v) is 8.29. The predicted molar refractivity (Wildman–Crippen MR) is 51.3 cm³/mol. The van der Waals surface area contributed by atoms with Crippen LogP contribution in [0.2, 0.25) is 0 Å². The first-order valence-electron chi connectivity index (χ1n) is 4.34. The van der Waals surface area contributed by atoms with Crippen LogP contribution in [0.1, 0.15) is 28.7 Å². The molecule has 0 aliphatic carbocycles. The molecule has 0 aliphatic rings. The number of carbonyl (C=O) groups is 1. The van der Waals surface area contributed by atoms with Gasteiger partial charge in [-0.1, -0.05) is 5.16 Å². The van der Waals surface area contributed by atoms with Crippen molar-refractivity contribution in [1.29, 1.82) is 0 Å². The van der Waals surface area contributed by atoms with Crippen LogP contribution in [0.4, 0.5) is 0 Å². The Kier molecular flexibility index (Phi) is 1.84. The molecule has 4 heteroatoms. The fourth-order valence-electron chi connectivity index (χ4n) is 1.53. The molecule has 0 N–H and O–H groups in total. The van der Waals surface area contributed by atoms with Crippen molar-refractivity contribution in [1.82, 2.24) is 10.1 Å². The number of hydrogen-bond donors (Lipinski definition) is 0. The summed E-state index contributed by atoms with van der Waals surface area (Å²) < 4.78 is 4.99. The van der Waals surface area contributed by atoms with Gasteiger partial charge in [-0.05, 0) is 25.5 Å². The second-order valence-electron chi connectivity index (χ2n) is 3.35. The van der Waals surface area contributed by atoms with E-state index in [9.17, 15) is 4.79 Å². The first-order chi connectivity index (χ1) is 6.59. The molecular formula is C10H10N2O2. The van der Waals surface area contributed by atoms with E-state index in [1.165, 1.54) is 6.92 Å². The number of ketones is 1. The van der Waals surface area contributed by atoms with Gasteiger partial charge in [-0.2, -0.15) is 0 Å². The molecule has 2 aromatic rings. The maximum Gasteiger partial charge on any atom is 0.258 e. The Labute approximate surface area is 80.9 Å². The summed E-state index contributed by atoms with van der Waals surface area (Å²) in [5.41, 5.74) is 2.64. The third kappa shape index (κ3) is 1.19. The van der Waals surface area contributed by atoms with E-state index in [1.807, 2.05) is 19.9 Å². The van der Waals surface area contributed by atoms with Gasteiger partial charge in [-0.15, -0.1) is 0 Å². The lowest BCUT2D eigenvalue weighted by molar-refractivity contribution is 0.101. The number of hydrogen-bond acceptors (Lipinski definition) is 4. The minimum absolute atomic E-state index is 0.0995. The lowest BCUT2D eigenvalue weighted by Crippen LogP contribution is -1.94. The smallest absolute Gasteiger partial charge is 0.258 e. The van der Waals surface area contributed by atoms with Crippen molar-refractivity contribution in [2.45, 2.75) is 20.8 Å². The highest BCUT2D eigenvalue weighted by Gasteiger charge is 2.15. The zero-order chi connectivity index (χ0) is 10.3. The first kappa shape index (κ1) is 8.87. The average Bonchev–Trinajstić information content (AvgIpc) is 2.47. The maximum absolute atomic E-state index is 11.2. The van der Waals surface area contributed by atoms with Crippen LogP contribution in [-0.2, 0) is 0 Å². The summed E-state index contributed by atoms with van der Waals surface area (Å²) in [6, 6.07) is 1.91. The quantitative estimate of drug-likeness (QED) is 0.645. The summed E-state index contributed by atoms with van der Waals surface area (Å²) in [6.07, 6.45) is 0. The lowest BCUT2D eigenvalue weighted by atomic mass is 10.1. The monoisotopic (exact) mass is 190 g/mol. The first-order valence-corrected chi connectivity index (χ1v) is 4.34. The highest BCUT2D eigenvalue weighted by atomic mass is 16.5. The Balaban J connectivity index is 2.85. The largest absolute Gasteiger partial charge is 0.335 e. The van der Waals surface area contributed by atoms with Crippen LogP contribution >= 0.6 is 0 Å².